The van der Waals surface area contributed by atoms with Gasteiger partial charge in [0.05, 0.1) is 5.60 Å². The highest BCUT2D eigenvalue weighted by Crippen LogP contribution is 2.54. The quantitative estimate of drug-likeness (QED) is 0.710. The van der Waals surface area contributed by atoms with Gasteiger partial charge >= 0.3 is 0 Å². The molecule has 0 radical (unpaired) electrons. The zero-order chi connectivity index (χ0) is 12.8. The number of fused-ring (bicyclic) bond motifs is 1. The molecule has 0 amide bonds. The van der Waals surface area contributed by atoms with Gasteiger partial charge in [-0.15, -0.1) is 0 Å². The second-order valence-corrected chi connectivity index (χ2v) is 6.57. The number of rotatable bonds is 1. The minimum absolute atomic E-state index is 0.103. The second kappa shape index (κ2) is 3.94. The maximum absolute atomic E-state index is 12.2. The smallest absolute Gasteiger partial charge is 0.139 e. The summed E-state index contributed by atoms with van der Waals surface area (Å²) in [6.45, 7) is 10.1. The molecule has 0 heterocycles. The van der Waals surface area contributed by atoms with Gasteiger partial charge in [0.2, 0.25) is 0 Å². The number of ketones is 1. The molecule has 0 aliphatic heterocycles. The Hall–Kier alpha value is -0.630. The monoisotopic (exact) mass is 236 g/mol. The van der Waals surface area contributed by atoms with Crippen LogP contribution in [0.25, 0.3) is 0 Å². The van der Waals surface area contributed by atoms with E-state index in [4.69, 9.17) is 0 Å². The first kappa shape index (κ1) is 12.8. The average Bonchev–Trinajstić information content (AvgIpc) is 2.24. The van der Waals surface area contributed by atoms with Crippen molar-refractivity contribution in [3.63, 3.8) is 0 Å². The van der Waals surface area contributed by atoms with Crippen LogP contribution in [0.2, 0.25) is 0 Å². The summed E-state index contributed by atoms with van der Waals surface area (Å²) in [6.07, 6.45) is 4.03. The van der Waals surface area contributed by atoms with Crippen molar-refractivity contribution in [1.29, 1.82) is 0 Å². The van der Waals surface area contributed by atoms with Crippen LogP contribution in [-0.2, 0) is 4.79 Å². The molecule has 2 aliphatic rings. The van der Waals surface area contributed by atoms with E-state index in [9.17, 15) is 9.90 Å². The highest BCUT2D eigenvalue weighted by molar-refractivity contribution is 5.86. The van der Waals surface area contributed by atoms with E-state index in [-0.39, 0.29) is 11.3 Å². The van der Waals surface area contributed by atoms with Crippen molar-refractivity contribution < 1.29 is 9.90 Å². The highest BCUT2D eigenvalue weighted by Gasteiger charge is 2.55. The fourth-order valence-corrected chi connectivity index (χ4v) is 3.86. The molecule has 2 rings (SSSR count). The molecule has 1 N–H and O–H groups in total. The van der Waals surface area contributed by atoms with Crippen molar-refractivity contribution in [2.45, 2.75) is 58.5 Å². The third-order valence-corrected chi connectivity index (χ3v) is 5.24. The lowest BCUT2D eigenvalue weighted by atomic mass is 9.52. The van der Waals surface area contributed by atoms with Gasteiger partial charge in [-0.2, -0.15) is 0 Å². The van der Waals surface area contributed by atoms with Crippen LogP contribution in [0.15, 0.2) is 12.2 Å². The van der Waals surface area contributed by atoms with Gasteiger partial charge in [-0.1, -0.05) is 19.1 Å². The summed E-state index contributed by atoms with van der Waals surface area (Å²) < 4.78 is 0. The van der Waals surface area contributed by atoms with Crippen LogP contribution in [0.3, 0.4) is 0 Å². The molecule has 0 unspecified atom stereocenters. The predicted molar refractivity (Wildman–Crippen MR) is 68.6 cm³/mol. The Labute approximate surface area is 104 Å². The molecular weight excluding hydrogens is 212 g/mol. The molecule has 2 saturated carbocycles. The number of carbonyl (C=O) groups is 1. The van der Waals surface area contributed by atoms with Gasteiger partial charge in [-0.3, -0.25) is 4.79 Å². The lowest BCUT2D eigenvalue weighted by Gasteiger charge is -2.53. The van der Waals surface area contributed by atoms with Gasteiger partial charge < -0.3 is 5.11 Å². The maximum Gasteiger partial charge on any atom is 0.139 e. The van der Waals surface area contributed by atoms with Gasteiger partial charge in [-0.05, 0) is 45.4 Å². The van der Waals surface area contributed by atoms with Crippen molar-refractivity contribution in [1.82, 2.24) is 0 Å². The highest BCUT2D eigenvalue weighted by atomic mass is 16.3. The van der Waals surface area contributed by atoms with E-state index in [0.29, 0.717) is 24.5 Å². The Balaban J connectivity index is 2.30. The van der Waals surface area contributed by atoms with E-state index in [0.717, 1.165) is 19.3 Å². The molecule has 0 aromatic heterocycles. The number of allylic oxidation sites excluding steroid dienone is 1. The topological polar surface area (TPSA) is 37.3 Å². The molecule has 0 aromatic rings. The molecule has 0 spiro atoms. The summed E-state index contributed by atoms with van der Waals surface area (Å²) >= 11 is 0. The lowest BCUT2D eigenvalue weighted by molar-refractivity contribution is -0.159. The summed E-state index contributed by atoms with van der Waals surface area (Å²) in [5.41, 5.74) is 0.214. The van der Waals surface area contributed by atoms with Crippen LogP contribution in [0.1, 0.15) is 52.9 Å². The first-order valence-electron chi connectivity index (χ1n) is 6.68. The largest absolute Gasteiger partial charge is 0.390 e. The summed E-state index contributed by atoms with van der Waals surface area (Å²) in [6, 6.07) is 0. The van der Waals surface area contributed by atoms with E-state index < -0.39 is 5.60 Å². The predicted octanol–water partition coefficient (Wildman–Crippen LogP) is 3.10. The molecule has 2 nitrogen and oxygen atoms in total. The number of hydrogen-bond donors (Lipinski definition) is 1. The molecule has 96 valence electrons. The number of Topliss-reactive ketones (excluding diaryl/α,β-unsaturated/α-hetero) is 1. The van der Waals surface area contributed by atoms with E-state index in [2.05, 4.69) is 20.4 Å². The Bertz CT molecular complexity index is 356. The molecule has 17 heavy (non-hydrogen) atoms. The minimum Gasteiger partial charge on any atom is -0.390 e. The van der Waals surface area contributed by atoms with Crippen LogP contribution >= 0.6 is 0 Å². The summed E-state index contributed by atoms with van der Waals surface area (Å²) in [7, 11) is 0. The summed E-state index contributed by atoms with van der Waals surface area (Å²) in [4.78, 5) is 12.2. The number of aliphatic hydroxyl groups is 1. The zero-order valence-corrected chi connectivity index (χ0v) is 11.3. The van der Waals surface area contributed by atoms with Crippen molar-refractivity contribution in [2.75, 3.05) is 0 Å². The van der Waals surface area contributed by atoms with Crippen molar-refractivity contribution in [3.05, 3.63) is 12.2 Å². The van der Waals surface area contributed by atoms with E-state index in [1.807, 2.05) is 6.92 Å². The van der Waals surface area contributed by atoms with Crippen molar-refractivity contribution >= 4 is 5.78 Å². The summed E-state index contributed by atoms with van der Waals surface area (Å²) in [5.74, 6) is 0.936. The molecule has 2 fully saturated rings. The van der Waals surface area contributed by atoms with Gasteiger partial charge in [0.25, 0.3) is 0 Å². The number of hydrogen-bond acceptors (Lipinski definition) is 2. The van der Waals surface area contributed by atoms with Gasteiger partial charge in [0, 0.05) is 17.8 Å². The molecule has 2 aliphatic carbocycles. The van der Waals surface area contributed by atoms with Crippen LogP contribution in [0.5, 0.6) is 0 Å². The van der Waals surface area contributed by atoms with Crippen LogP contribution in [-0.4, -0.2) is 16.5 Å². The Morgan fingerprint density at radius 1 is 1.41 bits per heavy atom. The number of carbonyl (C=O) groups excluding carboxylic acids is 1. The first-order chi connectivity index (χ1) is 7.77. The van der Waals surface area contributed by atoms with Gasteiger partial charge in [0.15, 0.2) is 0 Å². The summed E-state index contributed by atoms with van der Waals surface area (Å²) in [5, 5.41) is 10.6. The Morgan fingerprint density at radius 2 is 2.06 bits per heavy atom. The molecule has 0 bridgehead atoms. The third kappa shape index (κ3) is 1.97. The van der Waals surface area contributed by atoms with Crippen molar-refractivity contribution in [3.8, 4) is 0 Å². The van der Waals surface area contributed by atoms with Crippen LogP contribution in [0, 0.1) is 17.3 Å². The third-order valence-electron chi connectivity index (χ3n) is 5.24. The normalized spacial score (nSPS) is 46.5. The average molecular weight is 236 g/mol. The van der Waals surface area contributed by atoms with Crippen LogP contribution in [0.4, 0.5) is 0 Å². The van der Waals surface area contributed by atoms with Crippen LogP contribution < -0.4 is 0 Å². The Kier molecular flexibility index (Phi) is 2.97. The molecule has 4 atom stereocenters. The van der Waals surface area contributed by atoms with Gasteiger partial charge in [0.1, 0.15) is 5.78 Å². The SMILES string of the molecule is C=C(C)[C@H]1CC[C@]2(C)C(=O)CC[C@](C)(O)[C@H]2C1. The molecular formula is C15H24O2. The minimum atomic E-state index is -0.684. The zero-order valence-electron chi connectivity index (χ0n) is 11.3. The second-order valence-electron chi connectivity index (χ2n) is 6.57. The van der Waals surface area contributed by atoms with E-state index >= 15 is 0 Å². The first-order valence-corrected chi connectivity index (χ1v) is 6.68. The molecule has 0 saturated heterocycles. The maximum atomic E-state index is 12.2. The van der Waals surface area contributed by atoms with Gasteiger partial charge in [-0.25, -0.2) is 0 Å². The fraction of sp³-hybridized carbons (Fsp3) is 0.800. The van der Waals surface area contributed by atoms with E-state index in [1.165, 1.54) is 5.57 Å². The van der Waals surface area contributed by atoms with E-state index in [1.54, 1.807) is 0 Å². The van der Waals surface area contributed by atoms with Crippen molar-refractivity contribution in [2.24, 2.45) is 17.3 Å². The fourth-order valence-electron chi connectivity index (χ4n) is 3.86. The Morgan fingerprint density at radius 3 is 2.65 bits per heavy atom. The molecule has 0 aromatic carbocycles. The standard InChI is InChI=1S/C15H24O2/c1-10(2)11-5-7-14(3)12(9-11)15(4,17)8-6-13(14)16/h11-12,17H,1,5-9H2,2-4H3/t11-,12-,14-,15-/m0/s1. The molecule has 2 heteroatoms. The lowest BCUT2D eigenvalue weighted by Crippen LogP contribution is -2.55.